The average Bonchev–Trinajstić information content (AvgIpc) is 2.92. The summed E-state index contributed by atoms with van der Waals surface area (Å²) in [5, 5.41) is -0.0646. The average molecular weight is 264 g/mol. The molecule has 1 fully saturated rings. The van der Waals surface area contributed by atoms with Crippen molar-refractivity contribution in [2.24, 2.45) is 5.92 Å². The fourth-order valence-corrected chi connectivity index (χ4v) is 3.26. The number of rotatable bonds is 2. The van der Waals surface area contributed by atoms with Crippen molar-refractivity contribution < 1.29 is 0 Å². The molecule has 1 aliphatic rings. The largest absolute Gasteiger partial charge is 0.323 e. The summed E-state index contributed by atoms with van der Waals surface area (Å²) in [6.07, 6.45) is 7.49. The molecule has 0 N–H and O–H groups in total. The van der Waals surface area contributed by atoms with Gasteiger partial charge < -0.3 is 4.57 Å². The van der Waals surface area contributed by atoms with E-state index in [1.165, 1.54) is 24.8 Å². The second kappa shape index (κ2) is 4.54. The number of pyridine rings is 1. The first kappa shape index (κ1) is 12.0. The summed E-state index contributed by atoms with van der Waals surface area (Å²) in [5.74, 6) is 1.68. The maximum atomic E-state index is 6.30. The molecule has 0 saturated heterocycles. The summed E-state index contributed by atoms with van der Waals surface area (Å²) in [6.45, 7) is 4.32. The van der Waals surface area contributed by atoms with E-state index in [1.54, 1.807) is 0 Å². The first-order valence-corrected chi connectivity index (χ1v) is 7.08. The van der Waals surface area contributed by atoms with Crippen LogP contribution in [0.4, 0.5) is 0 Å². The van der Waals surface area contributed by atoms with Gasteiger partial charge in [0.1, 0.15) is 11.3 Å². The van der Waals surface area contributed by atoms with Crippen molar-refractivity contribution in [2.45, 2.75) is 44.5 Å². The summed E-state index contributed by atoms with van der Waals surface area (Å²) in [4.78, 5) is 8.81. The molecule has 3 rings (SSSR count). The second-order valence-electron chi connectivity index (χ2n) is 5.30. The summed E-state index contributed by atoms with van der Waals surface area (Å²) in [6, 6.07) is 2.59. The highest BCUT2D eigenvalue weighted by atomic mass is 35.5. The molecule has 0 amide bonds. The number of hydrogen-bond donors (Lipinski definition) is 0. The van der Waals surface area contributed by atoms with Crippen LogP contribution in [0.1, 0.15) is 50.4 Å². The highest BCUT2D eigenvalue weighted by molar-refractivity contribution is 6.20. The highest BCUT2D eigenvalue weighted by Gasteiger charge is 2.29. The first-order chi connectivity index (χ1) is 8.68. The van der Waals surface area contributed by atoms with Crippen molar-refractivity contribution in [1.29, 1.82) is 0 Å². The molecule has 1 saturated carbocycles. The molecule has 3 unspecified atom stereocenters. The molecule has 96 valence electrons. The normalized spacial score (nSPS) is 25.7. The van der Waals surface area contributed by atoms with E-state index in [9.17, 15) is 0 Å². The van der Waals surface area contributed by atoms with Crippen LogP contribution in [0.5, 0.6) is 0 Å². The lowest BCUT2D eigenvalue weighted by Gasteiger charge is -2.21. The van der Waals surface area contributed by atoms with Crippen molar-refractivity contribution in [2.75, 3.05) is 0 Å². The van der Waals surface area contributed by atoms with Crippen LogP contribution < -0.4 is 0 Å². The topological polar surface area (TPSA) is 30.7 Å². The van der Waals surface area contributed by atoms with Crippen LogP contribution in [-0.4, -0.2) is 14.5 Å². The van der Waals surface area contributed by atoms with Gasteiger partial charge in [-0.1, -0.05) is 13.3 Å². The molecule has 2 aromatic rings. The Bertz CT molecular complexity index is 561. The van der Waals surface area contributed by atoms with E-state index in [2.05, 4.69) is 27.5 Å². The Hall–Kier alpha value is -1.09. The minimum Gasteiger partial charge on any atom is -0.323 e. The Morgan fingerprint density at radius 2 is 2.28 bits per heavy atom. The monoisotopic (exact) mass is 263 g/mol. The molecule has 3 atom stereocenters. The van der Waals surface area contributed by atoms with Gasteiger partial charge in [0.2, 0.25) is 0 Å². The molecule has 4 heteroatoms. The Morgan fingerprint density at radius 1 is 1.44 bits per heavy atom. The van der Waals surface area contributed by atoms with Crippen molar-refractivity contribution in [1.82, 2.24) is 14.5 Å². The smallest absolute Gasteiger partial charge is 0.128 e. The van der Waals surface area contributed by atoms with Crippen LogP contribution in [0.3, 0.4) is 0 Å². The minimum absolute atomic E-state index is 0.0646. The standard InChI is InChI=1S/C14H18ClN3/c1-9-4-3-5-12(9)18-13-6-7-16-8-11(13)17-14(18)10(2)15/h6-10,12H,3-5H2,1-2H3. The quantitative estimate of drug-likeness (QED) is 0.764. The zero-order chi connectivity index (χ0) is 12.7. The zero-order valence-corrected chi connectivity index (χ0v) is 11.6. The predicted octanol–water partition coefficient (Wildman–Crippen LogP) is 4.09. The molecule has 18 heavy (non-hydrogen) atoms. The van der Waals surface area contributed by atoms with Crippen LogP contribution >= 0.6 is 11.6 Å². The van der Waals surface area contributed by atoms with Crippen molar-refractivity contribution in [3.8, 4) is 0 Å². The van der Waals surface area contributed by atoms with E-state index in [0.29, 0.717) is 12.0 Å². The summed E-state index contributed by atoms with van der Waals surface area (Å²) in [5.41, 5.74) is 2.13. The number of imidazole rings is 1. The molecule has 2 heterocycles. The lowest BCUT2D eigenvalue weighted by molar-refractivity contribution is 0.405. The first-order valence-electron chi connectivity index (χ1n) is 6.64. The van der Waals surface area contributed by atoms with Gasteiger partial charge in [0.15, 0.2) is 0 Å². The molecular formula is C14H18ClN3. The SMILES string of the molecule is CC(Cl)c1nc2cnccc2n1C1CCCC1C. The summed E-state index contributed by atoms with van der Waals surface area (Å²) < 4.78 is 2.35. The Balaban J connectivity index is 2.21. The van der Waals surface area contributed by atoms with Gasteiger partial charge in [0.25, 0.3) is 0 Å². The van der Waals surface area contributed by atoms with Gasteiger partial charge in [-0.15, -0.1) is 11.6 Å². The Labute approximate surface area is 112 Å². The maximum Gasteiger partial charge on any atom is 0.128 e. The molecule has 0 bridgehead atoms. The lowest BCUT2D eigenvalue weighted by Crippen LogP contribution is -2.15. The van der Waals surface area contributed by atoms with Crippen LogP contribution in [-0.2, 0) is 0 Å². The van der Waals surface area contributed by atoms with E-state index in [4.69, 9.17) is 11.6 Å². The van der Waals surface area contributed by atoms with Crippen LogP contribution in [0.15, 0.2) is 18.5 Å². The number of nitrogens with zero attached hydrogens (tertiary/aromatic N) is 3. The molecule has 0 radical (unpaired) electrons. The lowest BCUT2D eigenvalue weighted by atomic mass is 10.1. The van der Waals surface area contributed by atoms with Crippen molar-refractivity contribution >= 4 is 22.6 Å². The highest BCUT2D eigenvalue weighted by Crippen LogP contribution is 2.39. The van der Waals surface area contributed by atoms with Gasteiger partial charge in [0.05, 0.1) is 17.1 Å². The third kappa shape index (κ3) is 1.81. The predicted molar refractivity (Wildman–Crippen MR) is 73.8 cm³/mol. The van der Waals surface area contributed by atoms with Gasteiger partial charge in [-0.2, -0.15) is 0 Å². The third-order valence-corrected chi connectivity index (χ3v) is 4.22. The third-order valence-electron chi connectivity index (χ3n) is 4.02. The molecular weight excluding hydrogens is 246 g/mol. The van der Waals surface area contributed by atoms with Gasteiger partial charge in [-0.3, -0.25) is 4.98 Å². The number of hydrogen-bond acceptors (Lipinski definition) is 2. The fourth-order valence-electron chi connectivity index (χ4n) is 3.11. The fraction of sp³-hybridized carbons (Fsp3) is 0.571. The Kier molecular flexibility index (Phi) is 3.02. The zero-order valence-electron chi connectivity index (χ0n) is 10.8. The molecule has 3 nitrogen and oxygen atoms in total. The number of alkyl halides is 1. The van der Waals surface area contributed by atoms with Crippen molar-refractivity contribution in [3.63, 3.8) is 0 Å². The van der Waals surface area contributed by atoms with E-state index in [1.807, 2.05) is 19.3 Å². The summed E-state index contributed by atoms with van der Waals surface area (Å²) in [7, 11) is 0. The van der Waals surface area contributed by atoms with Crippen LogP contribution in [0.25, 0.3) is 11.0 Å². The van der Waals surface area contributed by atoms with Gasteiger partial charge in [-0.05, 0) is 31.7 Å². The van der Waals surface area contributed by atoms with E-state index >= 15 is 0 Å². The molecule has 0 aromatic carbocycles. The van der Waals surface area contributed by atoms with Gasteiger partial charge in [0, 0.05) is 12.2 Å². The van der Waals surface area contributed by atoms with Crippen molar-refractivity contribution in [3.05, 3.63) is 24.3 Å². The van der Waals surface area contributed by atoms with Crippen LogP contribution in [0, 0.1) is 5.92 Å². The number of aromatic nitrogens is 3. The van der Waals surface area contributed by atoms with E-state index < -0.39 is 0 Å². The maximum absolute atomic E-state index is 6.30. The minimum atomic E-state index is -0.0646. The molecule has 0 aliphatic heterocycles. The Morgan fingerprint density at radius 3 is 2.94 bits per heavy atom. The summed E-state index contributed by atoms with van der Waals surface area (Å²) >= 11 is 6.30. The molecule has 0 spiro atoms. The number of halogens is 1. The van der Waals surface area contributed by atoms with Gasteiger partial charge in [-0.25, -0.2) is 4.98 Å². The molecule has 1 aliphatic carbocycles. The van der Waals surface area contributed by atoms with E-state index in [-0.39, 0.29) is 5.38 Å². The number of fused-ring (bicyclic) bond motifs is 1. The van der Waals surface area contributed by atoms with Crippen LogP contribution in [0.2, 0.25) is 0 Å². The molecule has 2 aromatic heterocycles. The van der Waals surface area contributed by atoms with Gasteiger partial charge >= 0.3 is 0 Å². The van der Waals surface area contributed by atoms with E-state index in [0.717, 1.165) is 11.3 Å². The second-order valence-corrected chi connectivity index (χ2v) is 5.95.